The molecule has 0 aliphatic rings. The van der Waals surface area contributed by atoms with E-state index in [4.69, 9.17) is 14.5 Å². The van der Waals surface area contributed by atoms with Crippen LogP contribution in [0.15, 0.2) is 60.7 Å². The van der Waals surface area contributed by atoms with Gasteiger partial charge in [-0.2, -0.15) is 0 Å². The second-order valence-electron chi connectivity index (χ2n) is 9.43. The molecule has 36 heavy (non-hydrogen) atoms. The summed E-state index contributed by atoms with van der Waals surface area (Å²) in [5.41, 5.74) is 6.43. The molecule has 188 valence electrons. The fourth-order valence-electron chi connectivity index (χ4n) is 4.38. The molecule has 6 nitrogen and oxygen atoms in total. The molecule has 3 aromatic carbocycles. The minimum absolute atomic E-state index is 0.0431. The van der Waals surface area contributed by atoms with E-state index in [0.717, 1.165) is 58.0 Å². The zero-order chi connectivity index (χ0) is 25.7. The molecule has 0 spiro atoms. The van der Waals surface area contributed by atoms with Crippen LogP contribution in [-0.4, -0.2) is 28.7 Å². The predicted molar refractivity (Wildman–Crippen MR) is 144 cm³/mol. The summed E-state index contributed by atoms with van der Waals surface area (Å²) in [5, 5.41) is 3.05. The van der Waals surface area contributed by atoms with Crippen LogP contribution in [0, 0.1) is 27.7 Å². The van der Waals surface area contributed by atoms with Gasteiger partial charge in [0, 0.05) is 6.54 Å². The molecule has 1 atom stereocenters. The van der Waals surface area contributed by atoms with Crippen molar-refractivity contribution >= 4 is 16.9 Å². The van der Waals surface area contributed by atoms with Gasteiger partial charge < -0.3 is 19.4 Å². The van der Waals surface area contributed by atoms with E-state index in [-0.39, 0.29) is 18.6 Å². The lowest BCUT2D eigenvalue weighted by Crippen LogP contribution is -2.32. The number of aryl methyl sites for hydroxylation is 5. The van der Waals surface area contributed by atoms with Crippen LogP contribution in [0.5, 0.6) is 11.5 Å². The highest BCUT2D eigenvalue weighted by molar-refractivity contribution is 5.79. The standard InChI is InChI=1S/C30H35N3O3/c1-20-12-14-27(23(4)17-20)35-16-8-15-33-26-10-7-6-9-25(26)32-30(33)24(5)31-29(34)19-36-28-18-21(2)11-13-22(28)3/h6-7,9-14,17-18,24H,8,15-16,19H2,1-5H3,(H,31,34). The van der Waals surface area contributed by atoms with Gasteiger partial charge in [0.15, 0.2) is 6.61 Å². The first-order chi connectivity index (χ1) is 17.3. The zero-order valence-corrected chi connectivity index (χ0v) is 21.8. The molecule has 0 saturated heterocycles. The van der Waals surface area contributed by atoms with Crippen molar-refractivity contribution in [3.05, 3.63) is 88.7 Å². The van der Waals surface area contributed by atoms with Crippen LogP contribution in [0.4, 0.5) is 0 Å². The fraction of sp³-hybridized carbons (Fsp3) is 0.333. The Kier molecular flexibility index (Phi) is 7.93. The molecular formula is C30H35N3O3. The van der Waals surface area contributed by atoms with Crippen molar-refractivity contribution in [2.45, 2.75) is 53.6 Å². The second kappa shape index (κ2) is 11.3. The molecule has 4 aromatic rings. The first-order valence-corrected chi connectivity index (χ1v) is 12.5. The van der Waals surface area contributed by atoms with Crippen LogP contribution in [0.25, 0.3) is 11.0 Å². The highest BCUT2D eigenvalue weighted by atomic mass is 16.5. The molecule has 6 heteroatoms. The zero-order valence-electron chi connectivity index (χ0n) is 21.8. The number of rotatable bonds is 10. The van der Waals surface area contributed by atoms with Crippen LogP contribution in [-0.2, 0) is 11.3 Å². The molecule has 0 bridgehead atoms. The Hall–Kier alpha value is -3.80. The number of para-hydroxylation sites is 2. The highest BCUT2D eigenvalue weighted by Crippen LogP contribution is 2.23. The Morgan fingerprint density at radius 2 is 1.67 bits per heavy atom. The molecule has 0 aliphatic carbocycles. The van der Waals surface area contributed by atoms with E-state index in [2.05, 4.69) is 41.9 Å². The minimum atomic E-state index is -0.271. The molecule has 1 unspecified atom stereocenters. The lowest BCUT2D eigenvalue weighted by Gasteiger charge is -2.17. The quantitative estimate of drug-likeness (QED) is 0.280. The lowest BCUT2D eigenvalue weighted by atomic mass is 10.1. The molecule has 4 rings (SSSR count). The summed E-state index contributed by atoms with van der Waals surface area (Å²) < 4.78 is 14.0. The largest absolute Gasteiger partial charge is 0.493 e. The number of hydrogen-bond donors (Lipinski definition) is 1. The lowest BCUT2D eigenvalue weighted by molar-refractivity contribution is -0.123. The van der Waals surface area contributed by atoms with E-state index in [1.54, 1.807) is 0 Å². The Bertz CT molecular complexity index is 1360. The smallest absolute Gasteiger partial charge is 0.258 e. The van der Waals surface area contributed by atoms with Gasteiger partial charge >= 0.3 is 0 Å². The molecule has 1 N–H and O–H groups in total. The number of benzene rings is 3. The van der Waals surface area contributed by atoms with Gasteiger partial charge in [0.2, 0.25) is 0 Å². The van der Waals surface area contributed by atoms with Crippen LogP contribution in [0.3, 0.4) is 0 Å². The number of amides is 1. The van der Waals surface area contributed by atoms with Gasteiger partial charge in [-0.3, -0.25) is 4.79 Å². The average molecular weight is 486 g/mol. The first kappa shape index (κ1) is 25.3. The maximum atomic E-state index is 12.7. The van der Waals surface area contributed by atoms with E-state index < -0.39 is 0 Å². The van der Waals surface area contributed by atoms with Gasteiger partial charge in [0.1, 0.15) is 17.3 Å². The van der Waals surface area contributed by atoms with Crippen LogP contribution in [0.2, 0.25) is 0 Å². The Balaban J connectivity index is 1.40. The van der Waals surface area contributed by atoms with Crippen molar-refractivity contribution in [3.8, 4) is 11.5 Å². The fourth-order valence-corrected chi connectivity index (χ4v) is 4.38. The average Bonchev–Trinajstić information content (AvgIpc) is 3.22. The third kappa shape index (κ3) is 6.06. The van der Waals surface area contributed by atoms with Crippen molar-refractivity contribution in [1.29, 1.82) is 0 Å². The highest BCUT2D eigenvalue weighted by Gasteiger charge is 2.19. The number of carbonyl (C=O) groups excluding carboxylic acids is 1. The van der Waals surface area contributed by atoms with Crippen molar-refractivity contribution in [2.75, 3.05) is 13.2 Å². The molecule has 0 fully saturated rings. The normalized spacial score (nSPS) is 11.9. The van der Waals surface area contributed by atoms with E-state index in [1.165, 1.54) is 5.56 Å². The summed E-state index contributed by atoms with van der Waals surface area (Å²) in [6, 6.07) is 20.0. The Labute approximate surface area is 213 Å². The SMILES string of the molecule is Cc1ccc(OCCCn2c(C(C)NC(=O)COc3cc(C)ccc3C)nc3ccccc32)c(C)c1. The number of fused-ring (bicyclic) bond motifs is 1. The van der Waals surface area contributed by atoms with Gasteiger partial charge in [-0.15, -0.1) is 0 Å². The van der Waals surface area contributed by atoms with Crippen LogP contribution >= 0.6 is 0 Å². The third-order valence-corrected chi connectivity index (χ3v) is 6.27. The summed E-state index contributed by atoms with van der Waals surface area (Å²) in [4.78, 5) is 17.5. The van der Waals surface area contributed by atoms with Crippen molar-refractivity contribution in [2.24, 2.45) is 0 Å². The maximum Gasteiger partial charge on any atom is 0.258 e. The first-order valence-electron chi connectivity index (χ1n) is 12.5. The third-order valence-electron chi connectivity index (χ3n) is 6.27. The second-order valence-corrected chi connectivity index (χ2v) is 9.43. The molecule has 1 amide bonds. The van der Waals surface area contributed by atoms with Gasteiger partial charge in [0.05, 0.1) is 23.7 Å². The number of nitrogens with one attached hydrogen (secondary N) is 1. The summed E-state index contributed by atoms with van der Waals surface area (Å²) in [7, 11) is 0. The summed E-state index contributed by atoms with van der Waals surface area (Å²) in [5.74, 6) is 2.29. The molecule has 0 radical (unpaired) electrons. The van der Waals surface area contributed by atoms with Gasteiger partial charge in [-0.1, -0.05) is 42.0 Å². The number of aromatic nitrogens is 2. The van der Waals surface area contributed by atoms with E-state index in [1.807, 2.05) is 63.2 Å². The van der Waals surface area contributed by atoms with Gasteiger partial charge in [-0.25, -0.2) is 4.98 Å². The molecule has 1 aromatic heterocycles. The number of hydrogen-bond acceptors (Lipinski definition) is 4. The van der Waals surface area contributed by atoms with Crippen LogP contribution in [0.1, 0.15) is 47.5 Å². The number of imidazole rings is 1. The Morgan fingerprint density at radius 3 is 2.47 bits per heavy atom. The van der Waals surface area contributed by atoms with Crippen LogP contribution < -0.4 is 14.8 Å². The van der Waals surface area contributed by atoms with Crippen molar-refractivity contribution in [1.82, 2.24) is 14.9 Å². The number of carbonyl (C=O) groups is 1. The summed E-state index contributed by atoms with van der Waals surface area (Å²) in [6.45, 7) is 11.4. The Morgan fingerprint density at radius 1 is 0.917 bits per heavy atom. The summed E-state index contributed by atoms with van der Waals surface area (Å²) in [6.07, 6.45) is 0.817. The molecule has 0 saturated carbocycles. The molecule has 1 heterocycles. The van der Waals surface area contributed by atoms with Crippen molar-refractivity contribution < 1.29 is 14.3 Å². The number of ether oxygens (including phenoxy) is 2. The maximum absolute atomic E-state index is 12.7. The van der Waals surface area contributed by atoms with E-state index in [0.29, 0.717) is 6.61 Å². The topological polar surface area (TPSA) is 65.4 Å². The number of nitrogens with zero attached hydrogens (tertiary/aromatic N) is 2. The van der Waals surface area contributed by atoms with E-state index in [9.17, 15) is 4.79 Å². The predicted octanol–water partition coefficient (Wildman–Crippen LogP) is 6.00. The monoisotopic (exact) mass is 485 g/mol. The van der Waals surface area contributed by atoms with Gasteiger partial charge in [0.25, 0.3) is 5.91 Å². The van der Waals surface area contributed by atoms with E-state index >= 15 is 0 Å². The van der Waals surface area contributed by atoms with Gasteiger partial charge in [-0.05, 0) is 82.0 Å². The van der Waals surface area contributed by atoms with Crippen molar-refractivity contribution in [3.63, 3.8) is 0 Å². The molecular weight excluding hydrogens is 450 g/mol. The summed E-state index contributed by atoms with van der Waals surface area (Å²) >= 11 is 0. The molecule has 0 aliphatic heterocycles. The minimum Gasteiger partial charge on any atom is -0.493 e.